The van der Waals surface area contributed by atoms with Crippen molar-refractivity contribution >= 4 is 28.4 Å². The van der Waals surface area contributed by atoms with E-state index >= 15 is 0 Å². The fourth-order valence-electron chi connectivity index (χ4n) is 4.57. The maximum absolute atomic E-state index is 14.3. The predicted molar refractivity (Wildman–Crippen MR) is 121 cm³/mol. The van der Waals surface area contributed by atoms with E-state index in [1.807, 2.05) is 0 Å². The van der Waals surface area contributed by atoms with Gasteiger partial charge >= 0.3 is 6.18 Å². The van der Waals surface area contributed by atoms with E-state index in [4.69, 9.17) is 21.4 Å². The van der Waals surface area contributed by atoms with E-state index in [0.29, 0.717) is 34.9 Å². The van der Waals surface area contributed by atoms with Crippen molar-refractivity contribution in [3.8, 4) is 5.75 Å². The number of ketones is 1. The first kappa shape index (κ1) is 24.5. The van der Waals surface area contributed by atoms with Gasteiger partial charge in [-0.15, -0.1) is 0 Å². The van der Waals surface area contributed by atoms with Crippen molar-refractivity contribution in [2.45, 2.75) is 50.3 Å². The van der Waals surface area contributed by atoms with Crippen LogP contribution in [-0.2, 0) is 18.3 Å². The van der Waals surface area contributed by atoms with Crippen LogP contribution in [0.3, 0.4) is 0 Å². The summed E-state index contributed by atoms with van der Waals surface area (Å²) < 4.78 is 48.4. The summed E-state index contributed by atoms with van der Waals surface area (Å²) in [6.07, 6.45) is -5.71. The molecule has 4 rings (SSSR count). The number of aliphatic hydroxyl groups is 2. The van der Waals surface area contributed by atoms with Crippen molar-refractivity contribution in [3.05, 3.63) is 57.9 Å². The Morgan fingerprint density at radius 3 is 2.65 bits per heavy atom. The number of rotatable bonds is 7. The number of carbonyl (C=O) groups is 1. The molecule has 0 radical (unpaired) electrons. The molecule has 6 nitrogen and oxygen atoms in total. The van der Waals surface area contributed by atoms with Crippen LogP contribution >= 0.6 is 11.6 Å². The molecular formula is C24H24ClF3N2O4. The zero-order valence-corrected chi connectivity index (χ0v) is 19.3. The third-order valence-corrected chi connectivity index (χ3v) is 6.40. The first-order valence-electron chi connectivity index (χ1n) is 10.7. The maximum Gasteiger partial charge on any atom is 0.417 e. The lowest BCUT2D eigenvalue weighted by Crippen LogP contribution is -2.51. The molecule has 1 aliphatic rings. The normalized spacial score (nSPS) is 15.8. The van der Waals surface area contributed by atoms with Gasteiger partial charge in [-0.1, -0.05) is 25.4 Å². The summed E-state index contributed by atoms with van der Waals surface area (Å²) in [5, 5.41) is 20.4. The Morgan fingerprint density at radius 1 is 1.24 bits per heavy atom. The molecule has 0 spiro atoms. The number of benzene rings is 1. The molecule has 1 aliphatic heterocycles. The third kappa shape index (κ3) is 4.52. The first-order valence-corrected chi connectivity index (χ1v) is 11.1. The molecule has 0 aliphatic carbocycles. The zero-order valence-electron chi connectivity index (χ0n) is 18.6. The van der Waals surface area contributed by atoms with Crippen molar-refractivity contribution in [2.75, 3.05) is 13.2 Å². The number of Topliss-reactive ketones (excluding diaryl/α,β-unsaturated/α-hetero) is 1. The van der Waals surface area contributed by atoms with Gasteiger partial charge in [0.25, 0.3) is 0 Å². The van der Waals surface area contributed by atoms with Crippen LogP contribution in [0.1, 0.15) is 47.6 Å². The highest BCUT2D eigenvalue weighted by Gasteiger charge is 2.56. The average Bonchev–Trinajstić information content (AvgIpc) is 3.36. The van der Waals surface area contributed by atoms with Gasteiger partial charge in [0.15, 0.2) is 5.60 Å². The fraction of sp³-hybridized carbons (Fsp3) is 0.417. The lowest BCUT2D eigenvalue weighted by atomic mass is 9.73. The number of aromatic nitrogens is 2. The summed E-state index contributed by atoms with van der Waals surface area (Å²) in [7, 11) is 0. The van der Waals surface area contributed by atoms with E-state index in [-0.39, 0.29) is 16.9 Å². The van der Waals surface area contributed by atoms with E-state index in [2.05, 4.69) is 9.97 Å². The highest BCUT2D eigenvalue weighted by Crippen LogP contribution is 2.47. The lowest BCUT2D eigenvalue weighted by Gasteiger charge is -2.38. The van der Waals surface area contributed by atoms with Crippen LogP contribution in [0.15, 0.2) is 30.3 Å². The highest BCUT2D eigenvalue weighted by atomic mass is 35.5. The number of hydrogen-bond acceptors (Lipinski definition) is 5. The zero-order chi connectivity index (χ0) is 24.9. The van der Waals surface area contributed by atoms with Gasteiger partial charge in [0.2, 0.25) is 5.78 Å². The Hall–Kier alpha value is -2.62. The minimum atomic E-state index is -4.93. The number of fused-ring (bicyclic) bond motifs is 2. The molecule has 2 aromatic heterocycles. The van der Waals surface area contributed by atoms with Crippen LogP contribution in [0, 0.1) is 0 Å². The minimum Gasteiger partial charge on any atom is -0.493 e. The number of ether oxygens (including phenoxy) is 1. The first-order chi connectivity index (χ1) is 15.8. The van der Waals surface area contributed by atoms with Crippen molar-refractivity contribution < 1.29 is 32.9 Å². The van der Waals surface area contributed by atoms with Crippen LogP contribution < -0.4 is 4.74 Å². The van der Waals surface area contributed by atoms with Crippen LogP contribution in [0.25, 0.3) is 11.0 Å². The minimum absolute atomic E-state index is 0.00239. The van der Waals surface area contributed by atoms with E-state index in [0.717, 1.165) is 5.56 Å². The van der Waals surface area contributed by atoms with Crippen LogP contribution in [0.5, 0.6) is 5.75 Å². The molecule has 0 fully saturated rings. The molecule has 3 N–H and O–H groups in total. The summed E-state index contributed by atoms with van der Waals surface area (Å²) in [6.45, 7) is 2.94. The highest BCUT2D eigenvalue weighted by molar-refractivity contribution is 6.30. The number of hydrogen-bond donors (Lipinski definition) is 3. The van der Waals surface area contributed by atoms with Gasteiger partial charge in [-0.3, -0.25) is 4.79 Å². The molecule has 3 heterocycles. The Labute approximate surface area is 198 Å². The predicted octanol–water partition coefficient (Wildman–Crippen LogP) is 4.53. The smallest absolute Gasteiger partial charge is 0.417 e. The van der Waals surface area contributed by atoms with Gasteiger partial charge in [-0.05, 0) is 47.7 Å². The average molecular weight is 497 g/mol. The number of nitrogens with one attached hydrogen (secondary N) is 1. The second-order valence-corrected chi connectivity index (χ2v) is 9.75. The van der Waals surface area contributed by atoms with Crippen molar-refractivity contribution in [1.82, 2.24) is 9.97 Å². The molecule has 0 saturated heterocycles. The Bertz CT molecular complexity index is 1250. The second-order valence-electron chi connectivity index (χ2n) is 9.31. The van der Waals surface area contributed by atoms with Crippen molar-refractivity contribution in [2.24, 2.45) is 0 Å². The summed E-state index contributed by atoms with van der Waals surface area (Å²) in [5.74, 6) is -0.0794. The standard InChI is InChI=1S/C24H24ClF3N2O4/c1-22(2,16-8-14(25)7-13-5-6-34-21(13)16)12-23(33,24(26,27)28)10-15-9-19-17(29-15)3-4-18(30-19)20(32)11-31/h3-4,7-9,29,31,33H,5-6,10-12H2,1-2H3. The summed E-state index contributed by atoms with van der Waals surface area (Å²) in [6, 6.07) is 7.58. The van der Waals surface area contributed by atoms with Gasteiger partial charge in [-0.25, -0.2) is 4.98 Å². The van der Waals surface area contributed by atoms with Gasteiger partial charge in [0, 0.05) is 29.1 Å². The second kappa shape index (κ2) is 8.55. The Balaban J connectivity index is 1.69. The molecule has 1 unspecified atom stereocenters. The lowest BCUT2D eigenvalue weighted by molar-refractivity contribution is -0.266. The SMILES string of the molecule is CC(C)(CC(O)(Cc1cc2nc(C(=O)CO)ccc2[nH]1)C(F)(F)F)c1cc(Cl)cc2c1OCC2. The number of halogens is 4. The molecule has 182 valence electrons. The molecule has 34 heavy (non-hydrogen) atoms. The maximum atomic E-state index is 14.3. The van der Waals surface area contributed by atoms with Gasteiger partial charge in [-0.2, -0.15) is 13.2 Å². The van der Waals surface area contributed by atoms with Crippen LogP contribution in [0.2, 0.25) is 5.02 Å². The molecule has 10 heteroatoms. The molecular weight excluding hydrogens is 473 g/mol. The topological polar surface area (TPSA) is 95.4 Å². The van der Waals surface area contributed by atoms with E-state index in [1.54, 1.807) is 26.0 Å². The number of carbonyl (C=O) groups excluding carboxylic acids is 1. The Kier molecular flexibility index (Phi) is 6.16. The number of aromatic amines is 1. The third-order valence-electron chi connectivity index (χ3n) is 6.18. The van der Waals surface area contributed by atoms with Gasteiger partial charge < -0.3 is 19.9 Å². The van der Waals surface area contributed by atoms with Crippen LogP contribution in [0.4, 0.5) is 13.2 Å². The molecule has 3 aromatic rings. The molecule has 1 atom stereocenters. The summed E-state index contributed by atoms with van der Waals surface area (Å²) in [4.78, 5) is 18.6. The van der Waals surface area contributed by atoms with Gasteiger partial charge in [0.05, 0.1) is 17.6 Å². The van der Waals surface area contributed by atoms with Gasteiger partial charge in [0.1, 0.15) is 18.1 Å². The van der Waals surface area contributed by atoms with E-state index in [9.17, 15) is 23.1 Å². The van der Waals surface area contributed by atoms with E-state index in [1.165, 1.54) is 18.2 Å². The van der Waals surface area contributed by atoms with Crippen molar-refractivity contribution in [3.63, 3.8) is 0 Å². The molecule has 0 saturated carbocycles. The van der Waals surface area contributed by atoms with E-state index < -0.39 is 42.4 Å². The summed E-state index contributed by atoms with van der Waals surface area (Å²) >= 11 is 6.22. The molecule has 0 bridgehead atoms. The number of nitrogens with zero attached hydrogens (tertiary/aromatic N) is 1. The number of pyridine rings is 1. The number of aliphatic hydroxyl groups excluding tert-OH is 1. The quantitative estimate of drug-likeness (QED) is 0.418. The largest absolute Gasteiger partial charge is 0.493 e. The number of H-pyrrole nitrogens is 1. The summed E-state index contributed by atoms with van der Waals surface area (Å²) in [5.41, 5.74) is -2.07. The number of alkyl halides is 3. The Morgan fingerprint density at radius 2 is 1.97 bits per heavy atom. The monoisotopic (exact) mass is 496 g/mol. The van der Waals surface area contributed by atoms with Crippen LogP contribution in [-0.4, -0.2) is 51.0 Å². The van der Waals surface area contributed by atoms with Crippen molar-refractivity contribution in [1.29, 1.82) is 0 Å². The molecule has 1 aromatic carbocycles. The molecule has 0 amide bonds. The fourth-order valence-corrected chi connectivity index (χ4v) is 4.81.